The second-order valence-electron chi connectivity index (χ2n) is 9.93. The summed E-state index contributed by atoms with van der Waals surface area (Å²) >= 11 is 0. The molecular weight excluding hydrogens is 557 g/mol. The molecule has 11 nitrogen and oxygen atoms in total. The van der Waals surface area contributed by atoms with Gasteiger partial charge in [0.05, 0.1) is 25.1 Å². The van der Waals surface area contributed by atoms with Crippen molar-refractivity contribution in [3.8, 4) is 23.1 Å². The number of rotatable bonds is 7. The van der Waals surface area contributed by atoms with Crippen molar-refractivity contribution >= 4 is 28.8 Å². The third-order valence-electron chi connectivity index (χ3n) is 7.28. The zero-order valence-corrected chi connectivity index (χ0v) is 23.3. The van der Waals surface area contributed by atoms with Gasteiger partial charge >= 0.3 is 0 Å². The normalized spacial score (nSPS) is 15.9. The van der Waals surface area contributed by atoms with E-state index in [-0.39, 0.29) is 17.2 Å². The van der Waals surface area contributed by atoms with E-state index in [0.29, 0.717) is 70.9 Å². The van der Waals surface area contributed by atoms with Crippen molar-refractivity contribution in [3.05, 3.63) is 93.7 Å². The topological polar surface area (TPSA) is 134 Å². The first-order valence-corrected chi connectivity index (χ1v) is 13.5. The van der Waals surface area contributed by atoms with Crippen molar-refractivity contribution in [2.75, 3.05) is 14.2 Å². The maximum atomic E-state index is 13.6. The lowest BCUT2D eigenvalue weighted by molar-refractivity contribution is 0.0963. The zero-order chi connectivity index (χ0) is 30.1. The number of fused-ring (bicyclic) bond motifs is 2. The lowest BCUT2D eigenvalue weighted by Gasteiger charge is -2.22. The minimum Gasteiger partial charge on any atom is -0.493 e. The number of hydrogen-bond donors (Lipinski definition) is 1. The molecule has 0 radical (unpaired) electrons. The first kappa shape index (κ1) is 27.8. The van der Waals surface area contributed by atoms with Crippen molar-refractivity contribution < 1.29 is 28.2 Å². The summed E-state index contributed by atoms with van der Waals surface area (Å²) in [6.07, 6.45) is 5.80. The van der Waals surface area contributed by atoms with Gasteiger partial charge in [0.1, 0.15) is 29.6 Å². The monoisotopic (exact) mass is 583 g/mol. The first-order chi connectivity index (χ1) is 20.9. The molecule has 1 aliphatic heterocycles. The highest BCUT2D eigenvalue weighted by atomic mass is 19.1. The van der Waals surface area contributed by atoms with E-state index < -0.39 is 23.4 Å². The van der Waals surface area contributed by atoms with E-state index in [0.717, 1.165) is 0 Å². The maximum Gasteiger partial charge on any atom is 0.268 e. The van der Waals surface area contributed by atoms with Gasteiger partial charge in [-0.05, 0) is 55.3 Å². The van der Waals surface area contributed by atoms with Crippen LogP contribution in [0.15, 0.2) is 70.5 Å². The van der Waals surface area contributed by atoms with Crippen LogP contribution in [0.3, 0.4) is 0 Å². The van der Waals surface area contributed by atoms with Crippen LogP contribution in [-0.2, 0) is 6.42 Å². The first-order valence-electron chi connectivity index (χ1n) is 13.5. The quantitative estimate of drug-likeness (QED) is 0.346. The number of pyridine rings is 1. The van der Waals surface area contributed by atoms with E-state index in [1.165, 1.54) is 61.7 Å². The fraction of sp³-hybridized carbons (Fsp3) is 0.226. The second kappa shape index (κ2) is 11.5. The highest BCUT2D eigenvalue weighted by Gasteiger charge is 2.27. The molecule has 2 aromatic carbocycles. The maximum absolute atomic E-state index is 13.6. The fourth-order valence-corrected chi connectivity index (χ4v) is 5.16. The second-order valence-corrected chi connectivity index (χ2v) is 9.93. The largest absolute Gasteiger partial charge is 0.493 e. The van der Waals surface area contributed by atoms with Crippen LogP contribution in [0.1, 0.15) is 45.7 Å². The van der Waals surface area contributed by atoms with E-state index >= 15 is 0 Å². The number of nitrogens with one attached hydrogen (secondary N) is 1. The molecule has 1 unspecified atom stereocenters. The number of carbonyl (C=O) groups excluding carboxylic acids is 2. The number of methoxy groups -OCH3 is 2. The van der Waals surface area contributed by atoms with Gasteiger partial charge in [-0.3, -0.25) is 19.0 Å². The molecule has 1 aliphatic carbocycles. The molecule has 12 heteroatoms. The number of nitrogens with zero attached hydrogens (tertiary/aromatic N) is 4. The zero-order valence-electron chi connectivity index (χ0n) is 23.3. The minimum atomic E-state index is -0.715. The van der Waals surface area contributed by atoms with Gasteiger partial charge in [0, 0.05) is 42.1 Å². The van der Waals surface area contributed by atoms with Crippen LogP contribution in [-0.4, -0.2) is 52.8 Å². The van der Waals surface area contributed by atoms with Crippen molar-refractivity contribution in [1.29, 1.82) is 0 Å². The number of aromatic nitrogens is 3. The van der Waals surface area contributed by atoms with Gasteiger partial charge in [0.2, 0.25) is 5.88 Å². The average Bonchev–Trinajstić information content (AvgIpc) is 3.02. The Kier molecular flexibility index (Phi) is 7.41. The van der Waals surface area contributed by atoms with Crippen LogP contribution in [0.4, 0.5) is 4.39 Å². The average molecular weight is 584 g/mol. The van der Waals surface area contributed by atoms with E-state index in [9.17, 15) is 18.8 Å². The number of aliphatic imine (C=N–C) groups is 1. The Labute approximate surface area is 244 Å². The Morgan fingerprint density at radius 3 is 2.51 bits per heavy atom. The summed E-state index contributed by atoms with van der Waals surface area (Å²) in [5.74, 6) is 0.230. The fourth-order valence-electron chi connectivity index (χ4n) is 5.16. The third-order valence-corrected chi connectivity index (χ3v) is 7.28. The van der Waals surface area contributed by atoms with E-state index in [2.05, 4.69) is 20.3 Å². The predicted octanol–water partition coefficient (Wildman–Crippen LogP) is 3.95. The third kappa shape index (κ3) is 5.34. The van der Waals surface area contributed by atoms with Gasteiger partial charge in [-0.1, -0.05) is 0 Å². The number of ketones is 1. The Morgan fingerprint density at radius 2 is 1.79 bits per heavy atom. The van der Waals surface area contributed by atoms with Gasteiger partial charge in [0.15, 0.2) is 17.3 Å². The summed E-state index contributed by atoms with van der Waals surface area (Å²) in [6.45, 7) is 0. The van der Waals surface area contributed by atoms with Crippen molar-refractivity contribution in [1.82, 2.24) is 19.9 Å². The van der Waals surface area contributed by atoms with Crippen molar-refractivity contribution in [2.45, 2.75) is 31.8 Å². The molecule has 43 heavy (non-hydrogen) atoms. The van der Waals surface area contributed by atoms with Crippen LogP contribution in [0.2, 0.25) is 0 Å². The molecule has 2 aliphatic rings. The summed E-state index contributed by atoms with van der Waals surface area (Å²) in [5.41, 5.74) is 0.962. The van der Waals surface area contributed by atoms with Crippen LogP contribution >= 0.6 is 0 Å². The summed E-state index contributed by atoms with van der Waals surface area (Å²) in [5, 5.41) is 3.28. The number of ether oxygens (including phenoxy) is 3. The molecule has 1 amide bonds. The molecule has 4 aromatic rings. The summed E-state index contributed by atoms with van der Waals surface area (Å²) in [4.78, 5) is 52.5. The van der Waals surface area contributed by atoms with E-state index in [1.807, 2.05) is 0 Å². The minimum absolute atomic E-state index is 0.158. The standard InChI is InChI=1S/C31H26FN5O6/c1-41-26-13-20-23(14-27(26)42-2)34-16-35-30(20)43-19-10-11-28(33-15-19)36-29(39)22-12-21-24(4-3-5-25(21)38)37(31(22)40)18-8-6-17(32)7-9-18/h6-9,11-16,19H,3-5,10H2,1-2H3,(H,36,39). The lowest BCUT2D eigenvalue weighted by atomic mass is 9.92. The smallest absolute Gasteiger partial charge is 0.268 e. The van der Waals surface area contributed by atoms with Crippen LogP contribution in [0.25, 0.3) is 16.6 Å². The number of amides is 1. The number of Topliss-reactive ketones (excluding diaryl/α,β-unsaturated/α-hetero) is 1. The van der Waals surface area contributed by atoms with E-state index in [4.69, 9.17) is 14.2 Å². The molecular formula is C31H26FN5O6. The Balaban J connectivity index is 1.23. The molecule has 6 rings (SSSR count). The van der Waals surface area contributed by atoms with Crippen molar-refractivity contribution in [2.24, 2.45) is 4.99 Å². The van der Waals surface area contributed by atoms with E-state index in [1.54, 1.807) is 18.2 Å². The van der Waals surface area contributed by atoms with Gasteiger partial charge in [-0.15, -0.1) is 0 Å². The molecule has 0 saturated carbocycles. The van der Waals surface area contributed by atoms with Crippen LogP contribution in [0.5, 0.6) is 17.4 Å². The molecule has 218 valence electrons. The molecule has 0 saturated heterocycles. The van der Waals surface area contributed by atoms with Crippen LogP contribution < -0.4 is 25.1 Å². The molecule has 0 fully saturated rings. The molecule has 2 aromatic heterocycles. The SMILES string of the molecule is COc1cc2ncnc(OC3C=NC(NC(=O)c4cc5c(n(-c6ccc(F)cc6)c4=O)CCCC5=O)=CC3)c2cc1OC. The number of hydrogen-bond acceptors (Lipinski definition) is 9. The number of halogens is 1. The highest BCUT2D eigenvalue weighted by Crippen LogP contribution is 2.35. The molecule has 0 bridgehead atoms. The summed E-state index contributed by atoms with van der Waals surface area (Å²) in [6, 6.07) is 10.1. The highest BCUT2D eigenvalue weighted by molar-refractivity contribution is 6.02. The Bertz CT molecular complexity index is 1880. The van der Waals surface area contributed by atoms with Gasteiger partial charge in [-0.25, -0.2) is 19.4 Å². The molecule has 1 atom stereocenters. The summed E-state index contributed by atoms with van der Waals surface area (Å²) in [7, 11) is 3.07. The molecule has 3 heterocycles. The summed E-state index contributed by atoms with van der Waals surface area (Å²) < 4.78 is 31.7. The lowest BCUT2D eigenvalue weighted by Crippen LogP contribution is -2.36. The molecule has 0 spiro atoms. The Morgan fingerprint density at radius 1 is 1.02 bits per heavy atom. The van der Waals surface area contributed by atoms with Gasteiger partial charge < -0.3 is 19.5 Å². The number of carbonyl (C=O) groups is 2. The molecule has 1 N–H and O–H groups in total. The van der Waals surface area contributed by atoms with Gasteiger partial charge in [-0.2, -0.15) is 0 Å². The van der Waals surface area contributed by atoms with Crippen molar-refractivity contribution in [3.63, 3.8) is 0 Å². The van der Waals surface area contributed by atoms with Crippen LogP contribution in [0, 0.1) is 5.82 Å². The van der Waals surface area contributed by atoms with Gasteiger partial charge in [0.25, 0.3) is 11.5 Å². The predicted molar refractivity (Wildman–Crippen MR) is 155 cm³/mol. The Hall–Kier alpha value is -5.39. The number of benzene rings is 2.